The molecule has 0 aromatic heterocycles. The number of hydrogen-bond acceptors (Lipinski definition) is 8. The van der Waals surface area contributed by atoms with Crippen molar-refractivity contribution >= 4 is 35.8 Å². The Bertz CT molecular complexity index is 1250. The molecule has 2 heterocycles. The van der Waals surface area contributed by atoms with E-state index in [0.29, 0.717) is 25.7 Å². The van der Waals surface area contributed by atoms with Gasteiger partial charge in [0.15, 0.2) is 0 Å². The summed E-state index contributed by atoms with van der Waals surface area (Å²) >= 11 is 0. The summed E-state index contributed by atoms with van der Waals surface area (Å²) in [5, 5.41) is 19.1. The molecule has 2 aromatic carbocycles. The Kier molecular flexibility index (Phi) is 4.82. The fourth-order valence-electron chi connectivity index (χ4n) is 5.19. The molecule has 2 N–H and O–H groups in total. The van der Waals surface area contributed by atoms with Crippen molar-refractivity contribution < 1.29 is 48.5 Å². The number of carboxylic acids is 2. The van der Waals surface area contributed by atoms with E-state index in [4.69, 9.17) is 9.47 Å². The molecule has 5 rings (SSSR count). The van der Waals surface area contributed by atoms with Gasteiger partial charge in [0, 0.05) is 0 Å². The van der Waals surface area contributed by atoms with Crippen LogP contribution in [0, 0.1) is 0 Å². The zero-order chi connectivity index (χ0) is 24.3. The molecule has 0 radical (unpaired) electrons. The van der Waals surface area contributed by atoms with E-state index >= 15 is 0 Å². The predicted octanol–water partition coefficient (Wildman–Crippen LogP) is 3.15. The molecule has 10 heteroatoms. The van der Waals surface area contributed by atoms with Crippen LogP contribution >= 0.6 is 0 Å². The topological polar surface area (TPSA) is 161 Å². The van der Waals surface area contributed by atoms with Crippen molar-refractivity contribution in [3.8, 4) is 0 Å². The molecule has 1 fully saturated rings. The Balaban J connectivity index is 1.74. The predicted molar refractivity (Wildman–Crippen MR) is 110 cm³/mol. The van der Waals surface area contributed by atoms with Crippen molar-refractivity contribution in [1.82, 2.24) is 0 Å². The minimum Gasteiger partial charge on any atom is -0.478 e. The molecule has 2 atom stereocenters. The smallest absolute Gasteiger partial charge is 0.347 e. The first-order valence-corrected chi connectivity index (χ1v) is 10.5. The lowest BCUT2D eigenvalue weighted by atomic mass is 9.69. The van der Waals surface area contributed by atoms with Crippen LogP contribution in [0.2, 0.25) is 0 Å². The second-order valence-electron chi connectivity index (χ2n) is 8.44. The normalized spacial score (nSPS) is 21.1. The van der Waals surface area contributed by atoms with Gasteiger partial charge in [0.2, 0.25) is 0 Å². The third kappa shape index (κ3) is 3.18. The van der Waals surface area contributed by atoms with Gasteiger partial charge in [-0.3, -0.25) is 0 Å². The lowest BCUT2D eigenvalue weighted by Gasteiger charge is -2.34. The quantitative estimate of drug-likeness (QED) is 0.508. The highest BCUT2D eigenvalue weighted by Gasteiger charge is 2.42. The van der Waals surface area contributed by atoms with E-state index in [0.717, 1.165) is 12.1 Å². The van der Waals surface area contributed by atoms with Crippen molar-refractivity contribution in [2.45, 2.75) is 37.5 Å². The van der Waals surface area contributed by atoms with E-state index in [-0.39, 0.29) is 44.5 Å². The van der Waals surface area contributed by atoms with E-state index < -0.39 is 47.7 Å². The Morgan fingerprint density at radius 2 is 1.03 bits per heavy atom. The number of carboxylic acid groups (broad SMARTS) is 2. The van der Waals surface area contributed by atoms with Gasteiger partial charge in [-0.25, -0.2) is 28.8 Å². The first kappa shape index (κ1) is 21.5. The Labute approximate surface area is 191 Å². The van der Waals surface area contributed by atoms with Gasteiger partial charge in [-0.2, -0.15) is 0 Å². The monoisotopic (exact) mass is 464 g/mol. The summed E-state index contributed by atoms with van der Waals surface area (Å²) in [5.41, 5.74) is -0.210. The molecular weight excluding hydrogens is 448 g/mol. The van der Waals surface area contributed by atoms with Crippen LogP contribution in [0.1, 0.15) is 111 Å². The first-order chi connectivity index (χ1) is 16.2. The van der Waals surface area contributed by atoms with E-state index in [1.54, 1.807) is 0 Å². The van der Waals surface area contributed by atoms with Crippen molar-refractivity contribution in [2.75, 3.05) is 0 Å². The molecule has 0 saturated heterocycles. The second kappa shape index (κ2) is 7.62. The summed E-state index contributed by atoms with van der Waals surface area (Å²) in [6, 6.07) is 4.81. The third-order valence-electron chi connectivity index (χ3n) is 6.62. The van der Waals surface area contributed by atoms with Crippen LogP contribution < -0.4 is 0 Å². The number of carbonyl (C=O) groups is 6. The molecule has 2 unspecified atom stereocenters. The van der Waals surface area contributed by atoms with Crippen LogP contribution in [-0.2, 0) is 9.47 Å². The van der Waals surface area contributed by atoms with Gasteiger partial charge in [0.05, 0.1) is 33.4 Å². The largest absolute Gasteiger partial charge is 0.478 e. The zero-order valence-electron chi connectivity index (χ0n) is 17.5. The van der Waals surface area contributed by atoms with E-state index in [1.165, 1.54) is 12.1 Å². The number of aromatic carboxylic acids is 2. The number of cyclic esters (lactones) is 4. The molecule has 34 heavy (non-hydrogen) atoms. The Hall–Kier alpha value is -4.34. The number of fused-ring (bicyclic) bond motifs is 2. The molecular formula is C24H16O10. The van der Waals surface area contributed by atoms with Gasteiger partial charge >= 0.3 is 35.8 Å². The number of benzene rings is 2. The van der Waals surface area contributed by atoms with Crippen molar-refractivity contribution in [2.24, 2.45) is 0 Å². The van der Waals surface area contributed by atoms with Gasteiger partial charge in [-0.05, 0) is 60.1 Å². The molecule has 10 nitrogen and oxygen atoms in total. The first-order valence-electron chi connectivity index (χ1n) is 10.5. The Morgan fingerprint density at radius 3 is 1.38 bits per heavy atom. The lowest BCUT2D eigenvalue weighted by Crippen LogP contribution is -2.22. The summed E-state index contributed by atoms with van der Waals surface area (Å²) in [7, 11) is 0. The van der Waals surface area contributed by atoms with Crippen LogP contribution in [0.15, 0.2) is 24.3 Å². The molecule has 0 amide bonds. The highest BCUT2D eigenvalue weighted by atomic mass is 16.6. The number of esters is 4. The van der Waals surface area contributed by atoms with E-state index in [1.807, 2.05) is 0 Å². The van der Waals surface area contributed by atoms with Crippen molar-refractivity contribution in [1.29, 1.82) is 0 Å². The molecule has 3 aliphatic rings. The van der Waals surface area contributed by atoms with E-state index in [9.17, 15) is 39.0 Å². The minimum absolute atomic E-state index is 0.0309. The maximum absolute atomic E-state index is 12.5. The average Bonchev–Trinajstić information content (AvgIpc) is 3.26. The van der Waals surface area contributed by atoms with Crippen molar-refractivity contribution in [3.05, 3.63) is 68.8 Å². The van der Waals surface area contributed by atoms with Gasteiger partial charge in [-0.1, -0.05) is 12.8 Å². The van der Waals surface area contributed by atoms with Crippen LogP contribution in [0.5, 0.6) is 0 Å². The van der Waals surface area contributed by atoms with E-state index in [2.05, 4.69) is 0 Å². The number of hydrogen-bond donors (Lipinski definition) is 2. The second-order valence-corrected chi connectivity index (χ2v) is 8.44. The SMILES string of the molecule is O=C(O)c1cc2c(c(C3CCCCC3c3cc(C(=O)O)cc4c3C(=O)OC4=O)c1)C(=O)OC2=O. The maximum atomic E-state index is 12.5. The van der Waals surface area contributed by atoms with Gasteiger partial charge in [0.1, 0.15) is 0 Å². The molecule has 2 aromatic rings. The van der Waals surface area contributed by atoms with Gasteiger partial charge in [0.25, 0.3) is 0 Å². The fourth-order valence-corrected chi connectivity index (χ4v) is 5.19. The molecule has 0 bridgehead atoms. The standard InChI is InChI=1S/C24H16O10/c25-19(26)9-5-13(17-15(7-9)21(29)33-23(17)31)11-3-1-2-4-12(11)14-6-10(20(27)28)8-16-18(14)24(32)34-22(16)30/h5-8,11-12H,1-4H2,(H,25,26)(H,27,28). The summed E-state index contributed by atoms with van der Waals surface area (Å²) < 4.78 is 9.45. The van der Waals surface area contributed by atoms with Crippen LogP contribution in [-0.4, -0.2) is 46.0 Å². The molecule has 1 saturated carbocycles. The molecule has 2 aliphatic heterocycles. The highest BCUT2D eigenvalue weighted by molar-refractivity contribution is 6.17. The highest BCUT2D eigenvalue weighted by Crippen LogP contribution is 2.48. The molecule has 172 valence electrons. The number of rotatable bonds is 4. The van der Waals surface area contributed by atoms with Crippen LogP contribution in [0.4, 0.5) is 0 Å². The van der Waals surface area contributed by atoms with Crippen LogP contribution in [0.3, 0.4) is 0 Å². The number of ether oxygens (including phenoxy) is 2. The number of carbonyl (C=O) groups excluding carboxylic acids is 4. The summed E-state index contributed by atoms with van der Waals surface area (Å²) in [6.07, 6.45) is 2.36. The summed E-state index contributed by atoms with van der Waals surface area (Å²) in [6.45, 7) is 0. The zero-order valence-corrected chi connectivity index (χ0v) is 17.5. The van der Waals surface area contributed by atoms with Crippen molar-refractivity contribution in [3.63, 3.8) is 0 Å². The Morgan fingerprint density at radius 1 is 0.647 bits per heavy atom. The van der Waals surface area contributed by atoms with Gasteiger partial charge < -0.3 is 19.7 Å². The summed E-state index contributed by atoms with van der Waals surface area (Å²) in [5.74, 6) is -7.36. The minimum atomic E-state index is -1.30. The average molecular weight is 464 g/mol. The third-order valence-corrected chi connectivity index (χ3v) is 6.62. The molecule has 1 aliphatic carbocycles. The lowest BCUT2D eigenvalue weighted by molar-refractivity contribution is 0.0424. The van der Waals surface area contributed by atoms with Gasteiger partial charge in [-0.15, -0.1) is 0 Å². The fraction of sp³-hybridized carbons (Fsp3) is 0.250. The summed E-state index contributed by atoms with van der Waals surface area (Å²) in [4.78, 5) is 72.8. The molecule has 0 spiro atoms. The maximum Gasteiger partial charge on any atom is 0.347 e. The van der Waals surface area contributed by atoms with Crippen LogP contribution in [0.25, 0.3) is 0 Å².